The van der Waals surface area contributed by atoms with Gasteiger partial charge in [-0.15, -0.1) is 0 Å². The van der Waals surface area contributed by atoms with E-state index in [-0.39, 0.29) is 69.7 Å². The van der Waals surface area contributed by atoms with Gasteiger partial charge in [0, 0.05) is 19.2 Å². The van der Waals surface area contributed by atoms with E-state index < -0.39 is 5.97 Å². The van der Waals surface area contributed by atoms with E-state index in [0.29, 0.717) is 12.0 Å². The van der Waals surface area contributed by atoms with Gasteiger partial charge in [0.2, 0.25) is 5.88 Å². The van der Waals surface area contributed by atoms with E-state index in [0.717, 1.165) is 25.2 Å². The first kappa shape index (κ1) is 22.1. The van der Waals surface area contributed by atoms with Crippen molar-refractivity contribution in [1.82, 2.24) is 4.98 Å². The summed E-state index contributed by atoms with van der Waals surface area (Å²) in [6.45, 7) is 9.29. The Hall–Kier alpha value is 0.0413. The Morgan fingerprint density at radius 1 is 1.29 bits per heavy atom. The number of carboxylic acid groups (broad SMARTS) is 1. The molecule has 2 aliphatic rings. The summed E-state index contributed by atoms with van der Waals surface area (Å²) >= 11 is 0. The zero-order valence-electron chi connectivity index (χ0n) is 14.3. The summed E-state index contributed by atoms with van der Waals surface area (Å²) in [6.07, 6.45) is 4.35. The van der Waals surface area contributed by atoms with Crippen molar-refractivity contribution in [1.29, 1.82) is 0 Å². The second-order valence-corrected chi connectivity index (χ2v) is 6.85. The summed E-state index contributed by atoms with van der Waals surface area (Å²) in [5.74, 6) is -0.172. The predicted octanol–water partition coefficient (Wildman–Crippen LogP) is 1.36. The molecule has 0 bridgehead atoms. The van der Waals surface area contributed by atoms with Crippen LogP contribution in [0.15, 0.2) is 18.3 Å². The minimum atomic E-state index is -0.833. The van der Waals surface area contributed by atoms with E-state index in [1.54, 1.807) is 6.20 Å². The molecule has 0 aromatic carbocycles. The van der Waals surface area contributed by atoms with Gasteiger partial charge in [-0.05, 0) is 52.1 Å². The first-order valence-electron chi connectivity index (χ1n) is 7.78. The molecule has 0 unspecified atom stereocenters. The molecule has 1 saturated heterocycles. The topological polar surface area (TPSA) is 77.9 Å². The average molecular weight is 361 g/mol. The van der Waals surface area contributed by atoms with Crippen LogP contribution in [0.25, 0.3) is 0 Å². The van der Waals surface area contributed by atoms with Gasteiger partial charge in [0.05, 0.1) is 11.2 Å². The number of carboxylic acids is 1. The van der Waals surface area contributed by atoms with Crippen LogP contribution >= 0.6 is 0 Å². The molecule has 6 nitrogen and oxygen atoms in total. The van der Waals surface area contributed by atoms with Gasteiger partial charge in [-0.2, -0.15) is 0 Å². The summed E-state index contributed by atoms with van der Waals surface area (Å²) in [5.41, 5.74) is 0.320. The van der Waals surface area contributed by atoms with E-state index in [1.165, 1.54) is 0 Å². The maximum atomic E-state index is 9.00. The molecule has 0 spiro atoms. The first-order chi connectivity index (χ1) is 10.6. The molecule has 1 aliphatic heterocycles. The minimum absolute atomic E-state index is 0. The zero-order valence-corrected chi connectivity index (χ0v) is 14.3. The predicted molar refractivity (Wildman–Crippen MR) is 94.1 cm³/mol. The second-order valence-electron chi connectivity index (χ2n) is 6.85. The molecule has 0 radical (unpaired) electrons. The third-order valence-electron chi connectivity index (χ3n) is 4.10. The van der Waals surface area contributed by atoms with Crippen molar-refractivity contribution in [2.75, 3.05) is 0 Å². The van der Waals surface area contributed by atoms with E-state index in [1.807, 2.05) is 12.1 Å². The van der Waals surface area contributed by atoms with Crippen molar-refractivity contribution in [3.8, 4) is 5.88 Å². The van der Waals surface area contributed by atoms with Crippen LogP contribution in [0.2, 0.25) is 0 Å². The Morgan fingerprint density at radius 3 is 2.25 bits per heavy atom. The van der Waals surface area contributed by atoms with Gasteiger partial charge >= 0.3 is 58.5 Å². The Bertz CT molecular complexity index is 557. The number of rotatable bonds is 3. The average Bonchev–Trinajstić information content (AvgIpc) is 3.17. The molecule has 1 aromatic heterocycles. The van der Waals surface area contributed by atoms with E-state index in [4.69, 9.17) is 23.9 Å². The first-order valence-corrected chi connectivity index (χ1v) is 7.78. The van der Waals surface area contributed by atoms with Crippen LogP contribution in [0.5, 0.6) is 5.88 Å². The van der Waals surface area contributed by atoms with Crippen LogP contribution in [-0.4, -0.2) is 91.9 Å². The molecule has 1 aliphatic carbocycles. The van der Waals surface area contributed by atoms with Crippen molar-refractivity contribution in [2.45, 2.75) is 64.8 Å². The Morgan fingerprint density at radius 2 is 1.79 bits per heavy atom. The summed E-state index contributed by atoms with van der Waals surface area (Å²) in [6, 6.07) is 3.84. The Kier molecular flexibility index (Phi) is 7.93. The monoisotopic (exact) mass is 361 g/mol. The van der Waals surface area contributed by atoms with E-state index in [2.05, 4.69) is 32.7 Å². The van der Waals surface area contributed by atoms with Crippen molar-refractivity contribution < 1.29 is 23.9 Å². The fourth-order valence-corrected chi connectivity index (χ4v) is 1.97. The van der Waals surface area contributed by atoms with Gasteiger partial charge in [0.1, 0.15) is 6.10 Å². The SMILES string of the molecule is CC(=O)O.CC1(C)OB(c2ccnc(OC3CC3)c2)OC1(C)C.[KH]. The summed E-state index contributed by atoms with van der Waals surface area (Å²) in [7, 11) is -0.352. The summed E-state index contributed by atoms with van der Waals surface area (Å²) < 4.78 is 17.7. The van der Waals surface area contributed by atoms with Crippen molar-refractivity contribution in [2.24, 2.45) is 0 Å². The van der Waals surface area contributed by atoms with E-state index in [9.17, 15) is 0 Å². The fraction of sp³-hybridized carbons (Fsp3) is 0.625. The van der Waals surface area contributed by atoms with Gasteiger partial charge in [-0.3, -0.25) is 4.79 Å². The van der Waals surface area contributed by atoms with Gasteiger partial charge in [-0.25, -0.2) is 4.98 Å². The molecule has 2 heterocycles. The Balaban J connectivity index is 0.000000522. The quantitative estimate of drug-likeness (QED) is 0.820. The number of hydrogen-bond acceptors (Lipinski definition) is 5. The molecule has 1 N–H and O–H groups in total. The van der Waals surface area contributed by atoms with Gasteiger partial charge in [-0.1, -0.05) is 0 Å². The zero-order chi connectivity index (χ0) is 17.3. The van der Waals surface area contributed by atoms with E-state index >= 15 is 0 Å². The second kappa shape index (κ2) is 8.62. The number of pyridine rings is 1. The normalized spacial score (nSPS) is 20.5. The number of ether oxygens (including phenoxy) is 1. The molecule has 1 saturated carbocycles. The third-order valence-corrected chi connectivity index (χ3v) is 4.10. The standard InChI is InChI=1S/C14H20BNO3.C2H4O2.K.H/c1-13(2)14(3,4)19-15(18-13)10-7-8-16-12(9-10)17-11-5-6-11;1-2(3)4;;/h7-9,11H,5-6H2,1-4H3;1H3,(H,3,4);;. The van der Waals surface area contributed by atoms with Crippen LogP contribution in [0, 0.1) is 0 Å². The number of aromatic nitrogens is 1. The summed E-state index contributed by atoms with van der Waals surface area (Å²) in [5, 5.41) is 7.42. The molecule has 8 heteroatoms. The molecule has 128 valence electrons. The Labute approximate surface area is 186 Å². The van der Waals surface area contributed by atoms with Gasteiger partial charge in [0.25, 0.3) is 5.97 Å². The van der Waals surface area contributed by atoms with Gasteiger partial charge in [0.15, 0.2) is 0 Å². The van der Waals surface area contributed by atoms with Crippen LogP contribution in [0.3, 0.4) is 0 Å². The molecule has 1 aromatic rings. The maximum absolute atomic E-state index is 9.00. The van der Waals surface area contributed by atoms with Crippen LogP contribution in [0.4, 0.5) is 0 Å². The number of nitrogens with zero attached hydrogens (tertiary/aromatic N) is 1. The molecule has 2 fully saturated rings. The molecular weight excluding hydrogens is 336 g/mol. The molecule has 0 atom stereocenters. The number of aliphatic carboxylic acids is 1. The molecule has 24 heavy (non-hydrogen) atoms. The summed E-state index contributed by atoms with van der Waals surface area (Å²) in [4.78, 5) is 13.2. The molecular formula is C16H25BKNO5. The van der Waals surface area contributed by atoms with Crippen LogP contribution < -0.4 is 10.2 Å². The number of hydrogen-bond donors (Lipinski definition) is 1. The van der Waals surface area contributed by atoms with Crippen molar-refractivity contribution in [3.63, 3.8) is 0 Å². The molecule has 0 amide bonds. The molecule has 3 rings (SSSR count). The van der Waals surface area contributed by atoms with Gasteiger partial charge < -0.3 is 19.2 Å². The third kappa shape index (κ3) is 6.09. The van der Waals surface area contributed by atoms with Crippen molar-refractivity contribution in [3.05, 3.63) is 18.3 Å². The fourth-order valence-electron chi connectivity index (χ4n) is 1.97. The van der Waals surface area contributed by atoms with Crippen LogP contribution in [-0.2, 0) is 14.1 Å². The van der Waals surface area contributed by atoms with Crippen molar-refractivity contribution >= 4 is 69.9 Å². The van der Waals surface area contributed by atoms with Crippen LogP contribution in [0.1, 0.15) is 47.5 Å². The number of carbonyl (C=O) groups is 1.